The second-order valence-corrected chi connectivity index (χ2v) is 9.54. The quantitative estimate of drug-likeness (QED) is 0.448. The van der Waals surface area contributed by atoms with Gasteiger partial charge in [0.15, 0.2) is 0 Å². The SMILES string of the molecule is Cc1ccc(C)c(-c2cc(C)nn2-c2ccc(S(=O)(=O)Nc3ccccc3CN)cc2)c1. The minimum atomic E-state index is -3.75. The van der Waals surface area contributed by atoms with Crippen molar-refractivity contribution in [2.75, 3.05) is 4.72 Å². The second-order valence-electron chi connectivity index (χ2n) is 7.86. The zero-order valence-corrected chi connectivity index (χ0v) is 19.1. The van der Waals surface area contributed by atoms with Crippen LogP contribution in [0, 0.1) is 20.8 Å². The topological polar surface area (TPSA) is 90.0 Å². The van der Waals surface area contributed by atoms with E-state index >= 15 is 0 Å². The van der Waals surface area contributed by atoms with Crippen LogP contribution in [0.3, 0.4) is 0 Å². The zero-order chi connectivity index (χ0) is 22.9. The smallest absolute Gasteiger partial charge is 0.261 e. The van der Waals surface area contributed by atoms with Crippen molar-refractivity contribution in [1.82, 2.24) is 9.78 Å². The predicted octanol–water partition coefficient (Wildman–Crippen LogP) is 4.72. The Labute approximate surface area is 188 Å². The molecule has 0 fully saturated rings. The third kappa shape index (κ3) is 4.30. The lowest BCUT2D eigenvalue weighted by atomic mass is 10.0. The van der Waals surface area contributed by atoms with E-state index < -0.39 is 10.0 Å². The highest BCUT2D eigenvalue weighted by atomic mass is 32.2. The largest absolute Gasteiger partial charge is 0.326 e. The summed E-state index contributed by atoms with van der Waals surface area (Å²) in [4.78, 5) is 0.172. The number of anilines is 1. The molecule has 0 spiro atoms. The van der Waals surface area contributed by atoms with Crippen LogP contribution in [-0.4, -0.2) is 18.2 Å². The van der Waals surface area contributed by atoms with Crippen LogP contribution in [0.25, 0.3) is 16.9 Å². The number of hydrogen-bond donors (Lipinski definition) is 2. The molecule has 4 aromatic rings. The number of hydrogen-bond acceptors (Lipinski definition) is 4. The van der Waals surface area contributed by atoms with Crippen LogP contribution < -0.4 is 10.5 Å². The third-order valence-corrected chi connectivity index (χ3v) is 6.76. The van der Waals surface area contributed by atoms with Crippen LogP contribution in [0.4, 0.5) is 5.69 Å². The fraction of sp³-hybridized carbons (Fsp3) is 0.160. The monoisotopic (exact) mass is 446 g/mol. The van der Waals surface area contributed by atoms with Crippen LogP contribution in [0.1, 0.15) is 22.4 Å². The highest BCUT2D eigenvalue weighted by Crippen LogP contribution is 2.28. The van der Waals surface area contributed by atoms with E-state index in [1.54, 1.807) is 42.5 Å². The number of para-hydroxylation sites is 1. The van der Waals surface area contributed by atoms with Crippen LogP contribution in [0.2, 0.25) is 0 Å². The summed E-state index contributed by atoms with van der Waals surface area (Å²) in [6.45, 7) is 6.33. The first-order valence-electron chi connectivity index (χ1n) is 10.3. The van der Waals surface area contributed by atoms with E-state index in [1.165, 1.54) is 5.56 Å². The van der Waals surface area contributed by atoms with Crippen molar-refractivity contribution >= 4 is 15.7 Å². The van der Waals surface area contributed by atoms with Gasteiger partial charge in [0.1, 0.15) is 0 Å². The molecule has 32 heavy (non-hydrogen) atoms. The molecule has 0 radical (unpaired) electrons. The van der Waals surface area contributed by atoms with Gasteiger partial charge in [-0.05, 0) is 74.4 Å². The van der Waals surface area contributed by atoms with Crippen molar-refractivity contribution in [3.63, 3.8) is 0 Å². The number of aryl methyl sites for hydroxylation is 3. The lowest BCUT2D eigenvalue weighted by Crippen LogP contribution is -2.15. The fourth-order valence-corrected chi connectivity index (χ4v) is 4.77. The first kappa shape index (κ1) is 21.8. The Morgan fingerprint density at radius 3 is 2.38 bits per heavy atom. The molecule has 0 aliphatic rings. The number of nitrogens with two attached hydrogens (primary N) is 1. The van der Waals surface area contributed by atoms with Gasteiger partial charge in [-0.3, -0.25) is 4.72 Å². The third-order valence-electron chi connectivity index (χ3n) is 5.37. The molecule has 0 amide bonds. The molecule has 0 bridgehead atoms. The summed E-state index contributed by atoms with van der Waals surface area (Å²) in [5.74, 6) is 0. The maximum atomic E-state index is 12.9. The van der Waals surface area contributed by atoms with Gasteiger partial charge in [-0.1, -0.05) is 35.9 Å². The van der Waals surface area contributed by atoms with Crippen molar-refractivity contribution in [2.45, 2.75) is 32.2 Å². The molecular formula is C25H26N4O2S. The van der Waals surface area contributed by atoms with E-state index in [0.29, 0.717) is 5.69 Å². The summed E-state index contributed by atoms with van der Waals surface area (Å²) in [6, 6.07) is 22.2. The van der Waals surface area contributed by atoms with Gasteiger partial charge in [0.25, 0.3) is 10.0 Å². The molecule has 0 saturated carbocycles. The van der Waals surface area contributed by atoms with Gasteiger partial charge < -0.3 is 5.73 Å². The average Bonchev–Trinajstić information content (AvgIpc) is 3.17. The number of sulfonamides is 1. The Hall–Kier alpha value is -3.42. The predicted molar refractivity (Wildman–Crippen MR) is 128 cm³/mol. The van der Waals surface area contributed by atoms with Crippen LogP contribution >= 0.6 is 0 Å². The van der Waals surface area contributed by atoms with Crippen molar-refractivity contribution in [3.8, 4) is 16.9 Å². The van der Waals surface area contributed by atoms with Gasteiger partial charge in [0.05, 0.1) is 27.7 Å². The van der Waals surface area contributed by atoms with Gasteiger partial charge in [0, 0.05) is 12.1 Å². The van der Waals surface area contributed by atoms with Crippen molar-refractivity contribution in [1.29, 1.82) is 0 Å². The van der Waals surface area contributed by atoms with E-state index in [4.69, 9.17) is 5.73 Å². The average molecular weight is 447 g/mol. The molecule has 3 aromatic carbocycles. The van der Waals surface area contributed by atoms with Gasteiger partial charge >= 0.3 is 0 Å². The van der Waals surface area contributed by atoms with Gasteiger partial charge in [-0.15, -0.1) is 0 Å². The van der Waals surface area contributed by atoms with Crippen molar-refractivity contribution in [2.24, 2.45) is 5.73 Å². The van der Waals surface area contributed by atoms with E-state index in [2.05, 4.69) is 41.9 Å². The molecule has 0 aliphatic carbocycles. The molecule has 164 valence electrons. The normalized spacial score (nSPS) is 11.5. The standard InChI is InChI=1S/C25H26N4O2S/c1-17-8-9-18(2)23(14-17)25-15-19(3)27-29(25)21-10-12-22(13-11-21)32(30,31)28-24-7-5-4-6-20(24)16-26/h4-15,28H,16,26H2,1-3H3. The van der Waals surface area contributed by atoms with Crippen LogP contribution in [0.15, 0.2) is 77.7 Å². The number of benzene rings is 3. The summed E-state index contributed by atoms with van der Waals surface area (Å²) < 4.78 is 30.3. The highest BCUT2D eigenvalue weighted by molar-refractivity contribution is 7.92. The minimum Gasteiger partial charge on any atom is -0.326 e. The molecule has 0 aliphatic heterocycles. The Bertz CT molecular complexity index is 1370. The summed E-state index contributed by atoms with van der Waals surface area (Å²) in [5.41, 5.74) is 13.0. The fourth-order valence-electron chi connectivity index (χ4n) is 3.67. The lowest BCUT2D eigenvalue weighted by molar-refractivity contribution is 0.601. The highest BCUT2D eigenvalue weighted by Gasteiger charge is 2.17. The summed E-state index contributed by atoms with van der Waals surface area (Å²) >= 11 is 0. The van der Waals surface area contributed by atoms with Gasteiger partial charge in [-0.25, -0.2) is 13.1 Å². The minimum absolute atomic E-state index is 0.172. The molecule has 1 aromatic heterocycles. The first-order valence-corrected chi connectivity index (χ1v) is 11.8. The number of nitrogens with one attached hydrogen (secondary N) is 1. The van der Waals surface area contributed by atoms with E-state index in [9.17, 15) is 8.42 Å². The van der Waals surface area contributed by atoms with E-state index in [-0.39, 0.29) is 11.4 Å². The molecule has 1 heterocycles. The number of nitrogens with zero attached hydrogens (tertiary/aromatic N) is 2. The molecule has 6 nitrogen and oxygen atoms in total. The maximum Gasteiger partial charge on any atom is 0.261 e. The Morgan fingerprint density at radius 2 is 1.66 bits per heavy atom. The Morgan fingerprint density at radius 1 is 0.938 bits per heavy atom. The van der Waals surface area contributed by atoms with Crippen LogP contribution in [0.5, 0.6) is 0 Å². The summed E-state index contributed by atoms with van der Waals surface area (Å²) in [7, 11) is -3.75. The van der Waals surface area contributed by atoms with Crippen molar-refractivity contribution < 1.29 is 8.42 Å². The molecule has 7 heteroatoms. The molecule has 3 N–H and O–H groups in total. The molecule has 0 saturated heterocycles. The summed E-state index contributed by atoms with van der Waals surface area (Å²) in [6.07, 6.45) is 0. The zero-order valence-electron chi connectivity index (χ0n) is 18.3. The van der Waals surface area contributed by atoms with Crippen molar-refractivity contribution in [3.05, 3.63) is 95.2 Å². The summed E-state index contributed by atoms with van der Waals surface area (Å²) in [5, 5.41) is 4.65. The van der Waals surface area contributed by atoms with Gasteiger partial charge in [0.2, 0.25) is 0 Å². The van der Waals surface area contributed by atoms with Crippen LogP contribution in [-0.2, 0) is 16.6 Å². The number of aromatic nitrogens is 2. The molecule has 0 atom stereocenters. The molecular weight excluding hydrogens is 420 g/mol. The van der Waals surface area contributed by atoms with Gasteiger partial charge in [-0.2, -0.15) is 5.10 Å². The first-order chi connectivity index (χ1) is 15.3. The second kappa shape index (κ2) is 8.61. The Balaban J connectivity index is 1.69. The maximum absolute atomic E-state index is 12.9. The molecule has 4 rings (SSSR count). The lowest BCUT2D eigenvalue weighted by Gasteiger charge is -2.13. The number of rotatable bonds is 6. The van der Waals surface area contributed by atoms with E-state index in [0.717, 1.165) is 33.8 Å². The molecule has 0 unspecified atom stereocenters. The van der Waals surface area contributed by atoms with E-state index in [1.807, 2.05) is 23.7 Å². The Kier molecular flexibility index (Phi) is 5.86.